The number of nitrogens with zero attached hydrogens (tertiary/aromatic N) is 1. The predicted octanol–water partition coefficient (Wildman–Crippen LogP) is 2.29. The molecule has 15 heavy (non-hydrogen) atoms. The Morgan fingerprint density at radius 2 is 2.33 bits per heavy atom. The first-order valence-electron chi connectivity index (χ1n) is 5.03. The minimum Gasteiger partial charge on any atom is -0.304 e. The zero-order chi connectivity index (χ0) is 10.7. The summed E-state index contributed by atoms with van der Waals surface area (Å²) in [7, 11) is 0. The smallest absolute Gasteiger partial charge is 0.0935 e. The third kappa shape index (κ3) is 2.34. The second-order valence-electron chi connectivity index (χ2n) is 3.38. The van der Waals surface area contributed by atoms with Gasteiger partial charge in [-0.3, -0.25) is 0 Å². The van der Waals surface area contributed by atoms with Gasteiger partial charge in [-0.15, -0.1) is 11.3 Å². The predicted molar refractivity (Wildman–Crippen MR) is 62.8 cm³/mol. The monoisotopic (exact) mass is 222 g/mol. The Balaban J connectivity index is 2.29. The van der Waals surface area contributed by atoms with Crippen LogP contribution in [0.5, 0.6) is 0 Å². The van der Waals surface area contributed by atoms with Crippen molar-refractivity contribution in [3.05, 3.63) is 28.8 Å². The summed E-state index contributed by atoms with van der Waals surface area (Å²) in [5, 5.41) is 1.19. The summed E-state index contributed by atoms with van der Waals surface area (Å²) < 4.78 is 1.25. The Bertz CT molecular complexity index is 453. The van der Waals surface area contributed by atoms with Gasteiger partial charge in [0.1, 0.15) is 0 Å². The van der Waals surface area contributed by atoms with Crippen LogP contribution >= 0.6 is 11.3 Å². The van der Waals surface area contributed by atoms with Crippen LogP contribution in [0.3, 0.4) is 0 Å². The zero-order valence-corrected chi connectivity index (χ0v) is 9.51. The van der Waals surface area contributed by atoms with Gasteiger partial charge in [-0.2, -0.15) is 0 Å². The fourth-order valence-corrected chi connectivity index (χ4v) is 2.47. The summed E-state index contributed by atoms with van der Waals surface area (Å²) in [4.78, 5) is 9.09. The second kappa shape index (κ2) is 4.70. The van der Waals surface area contributed by atoms with Gasteiger partial charge in [0, 0.05) is 0 Å². The van der Waals surface area contributed by atoms with Gasteiger partial charge in [0.25, 0.3) is 0 Å². The van der Waals surface area contributed by atoms with Gasteiger partial charge in [-0.25, -0.2) is 10.9 Å². The largest absolute Gasteiger partial charge is 0.304 e. The lowest BCUT2D eigenvalue weighted by molar-refractivity contribution is 0.141. The van der Waals surface area contributed by atoms with Gasteiger partial charge < -0.3 is 4.84 Å². The Kier molecular flexibility index (Phi) is 3.30. The van der Waals surface area contributed by atoms with Crippen LogP contribution in [0, 0.1) is 0 Å². The van der Waals surface area contributed by atoms with Crippen molar-refractivity contribution in [3.8, 4) is 0 Å². The number of fused-ring (bicyclic) bond motifs is 1. The first-order valence-corrected chi connectivity index (χ1v) is 5.85. The summed E-state index contributed by atoms with van der Waals surface area (Å²) in [6.07, 6.45) is 1.85. The second-order valence-corrected chi connectivity index (χ2v) is 4.50. The van der Waals surface area contributed by atoms with E-state index < -0.39 is 0 Å². The Hall–Kier alpha value is -0.970. The number of benzene rings is 1. The van der Waals surface area contributed by atoms with E-state index in [1.54, 1.807) is 11.3 Å². The van der Waals surface area contributed by atoms with E-state index in [-0.39, 0.29) is 0 Å². The molecule has 0 fully saturated rings. The summed E-state index contributed by atoms with van der Waals surface area (Å²) >= 11 is 1.76. The van der Waals surface area contributed by atoms with Crippen molar-refractivity contribution < 1.29 is 4.84 Å². The van der Waals surface area contributed by atoms with Crippen molar-refractivity contribution in [1.82, 2.24) is 4.98 Å². The highest BCUT2D eigenvalue weighted by Crippen LogP contribution is 2.23. The summed E-state index contributed by atoms with van der Waals surface area (Å²) in [5.41, 5.74) is 2.34. The summed E-state index contributed by atoms with van der Waals surface area (Å²) in [6.45, 7) is 2.69. The molecule has 0 saturated carbocycles. The molecule has 1 heterocycles. The van der Waals surface area contributed by atoms with Gasteiger partial charge in [0.2, 0.25) is 0 Å². The fraction of sp³-hybridized carbons (Fsp3) is 0.364. The van der Waals surface area contributed by atoms with Crippen LogP contribution in [-0.4, -0.2) is 11.6 Å². The maximum Gasteiger partial charge on any atom is 0.0935 e. The molecule has 0 spiro atoms. The topological polar surface area (TPSA) is 48.1 Å². The van der Waals surface area contributed by atoms with Crippen molar-refractivity contribution in [3.63, 3.8) is 0 Å². The van der Waals surface area contributed by atoms with E-state index in [4.69, 9.17) is 5.90 Å². The van der Waals surface area contributed by atoms with Crippen molar-refractivity contribution in [1.29, 1.82) is 0 Å². The number of nitrogens with two attached hydrogens (primary N) is 1. The quantitative estimate of drug-likeness (QED) is 0.807. The molecule has 1 aromatic heterocycles. The lowest BCUT2D eigenvalue weighted by Gasteiger charge is -1.98. The van der Waals surface area contributed by atoms with Gasteiger partial charge in [0.15, 0.2) is 0 Å². The van der Waals surface area contributed by atoms with E-state index in [0.29, 0.717) is 6.61 Å². The zero-order valence-electron chi connectivity index (χ0n) is 8.69. The van der Waals surface area contributed by atoms with E-state index in [1.165, 1.54) is 15.3 Å². The van der Waals surface area contributed by atoms with Crippen LogP contribution in [0.2, 0.25) is 0 Å². The average Bonchev–Trinajstić information content (AvgIpc) is 2.68. The molecule has 0 bridgehead atoms. The van der Waals surface area contributed by atoms with E-state index >= 15 is 0 Å². The molecule has 0 aliphatic rings. The summed E-state index contributed by atoms with van der Waals surface area (Å²) in [6, 6.07) is 6.32. The van der Waals surface area contributed by atoms with Crippen LogP contribution < -0.4 is 5.90 Å². The van der Waals surface area contributed by atoms with Gasteiger partial charge >= 0.3 is 0 Å². The molecule has 1 aromatic carbocycles. The lowest BCUT2D eigenvalue weighted by Crippen LogP contribution is -2.03. The molecule has 0 aliphatic heterocycles. The first-order chi connectivity index (χ1) is 7.33. The molecule has 3 nitrogen and oxygen atoms in total. The number of hydrogen-bond acceptors (Lipinski definition) is 4. The third-order valence-corrected chi connectivity index (χ3v) is 3.47. The number of hydrogen-bond donors (Lipinski definition) is 1. The average molecular weight is 222 g/mol. The van der Waals surface area contributed by atoms with Crippen LogP contribution in [-0.2, 0) is 17.7 Å². The Labute approximate surface area is 92.8 Å². The maximum absolute atomic E-state index is 5.00. The molecule has 2 rings (SSSR count). The number of thiazole rings is 1. The highest BCUT2D eigenvalue weighted by Gasteiger charge is 2.02. The highest BCUT2D eigenvalue weighted by atomic mass is 32.1. The Morgan fingerprint density at radius 1 is 1.47 bits per heavy atom. The molecule has 0 amide bonds. The Morgan fingerprint density at radius 3 is 3.07 bits per heavy atom. The van der Waals surface area contributed by atoms with Crippen molar-refractivity contribution >= 4 is 21.6 Å². The molecule has 4 heteroatoms. The molecular weight excluding hydrogens is 208 g/mol. The lowest BCUT2D eigenvalue weighted by atomic mass is 10.1. The van der Waals surface area contributed by atoms with E-state index in [2.05, 4.69) is 34.9 Å². The molecule has 0 radical (unpaired) electrons. The van der Waals surface area contributed by atoms with E-state index in [9.17, 15) is 0 Å². The molecule has 2 N–H and O–H groups in total. The van der Waals surface area contributed by atoms with E-state index in [0.717, 1.165) is 18.4 Å². The molecule has 0 unspecified atom stereocenters. The summed E-state index contributed by atoms with van der Waals surface area (Å²) in [5.74, 6) is 5.00. The van der Waals surface area contributed by atoms with Crippen LogP contribution in [0.1, 0.15) is 17.5 Å². The highest BCUT2D eigenvalue weighted by molar-refractivity contribution is 7.18. The normalized spacial score (nSPS) is 11.1. The minimum absolute atomic E-state index is 0.560. The molecule has 0 aliphatic carbocycles. The standard InChI is InChI=1S/C11H14N2OS/c1-2-11-13-9-4-3-8(5-6-14-12)7-10(9)15-11/h3-4,7H,2,5-6,12H2,1H3. The maximum atomic E-state index is 5.00. The fourth-order valence-electron chi connectivity index (χ4n) is 1.50. The molecule has 2 aromatic rings. The molecule has 0 saturated heterocycles. The van der Waals surface area contributed by atoms with Crippen molar-refractivity contribution in [2.45, 2.75) is 19.8 Å². The van der Waals surface area contributed by atoms with Crippen LogP contribution in [0.25, 0.3) is 10.2 Å². The minimum atomic E-state index is 0.560. The number of aryl methyl sites for hydroxylation is 1. The van der Waals surface area contributed by atoms with Gasteiger partial charge in [0.05, 0.1) is 21.8 Å². The van der Waals surface area contributed by atoms with Crippen molar-refractivity contribution in [2.75, 3.05) is 6.61 Å². The van der Waals surface area contributed by atoms with Crippen LogP contribution in [0.15, 0.2) is 18.2 Å². The van der Waals surface area contributed by atoms with Gasteiger partial charge in [-0.1, -0.05) is 13.0 Å². The third-order valence-electron chi connectivity index (χ3n) is 2.31. The molecule has 80 valence electrons. The van der Waals surface area contributed by atoms with E-state index in [1.807, 2.05) is 0 Å². The number of rotatable bonds is 4. The number of aromatic nitrogens is 1. The van der Waals surface area contributed by atoms with Gasteiger partial charge in [-0.05, 0) is 30.5 Å². The molecule has 0 atom stereocenters. The van der Waals surface area contributed by atoms with Crippen molar-refractivity contribution in [2.24, 2.45) is 5.90 Å². The van der Waals surface area contributed by atoms with Crippen LogP contribution in [0.4, 0.5) is 0 Å². The molecular formula is C11H14N2OS. The SMILES string of the molecule is CCc1nc2ccc(CCON)cc2s1. The first kappa shape index (κ1) is 10.5.